The molecule has 88 heavy (non-hydrogen) atoms. The molecule has 0 amide bonds. The van der Waals surface area contributed by atoms with Crippen LogP contribution in [0.3, 0.4) is 0 Å². The van der Waals surface area contributed by atoms with Crippen LogP contribution in [0, 0.1) is 0 Å². The molecule has 12 heteroatoms. The lowest BCUT2D eigenvalue weighted by Crippen LogP contribution is -2.50. The Morgan fingerprint density at radius 3 is 0.761 bits per heavy atom. The molecule has 6 aliphatic heterocycles. The molecule has 0 aliphatic carbocycles. The van der Waals surface area contributed by atoms with Gasteiger partial charge in [0.25, 0.3) is 0 Å². The molecule has 0 spiro atoms. The lowest BCUT2D eigenvalue weighted by atomic mass is 10.0. The Morgan fingerprint density at radius 2 is 0.534 bits per heavy atom. The molecule has 0 radical (unpaired) electrons. The topological polar surface area (TPSA) is 94.3 Å². The number of hydrogen-bond donors (Lipinski definition) is 2. The molecule has 0 unspecified atom stereocenters. The Balaban J connectivity index is 0.978. The van der Waals surface area contributed by atoms with Crippen molar-refractivity contribution in [3.63, 3.8) is 0 Å². The maximum atomic E-state index is 6.69. The molecule has 9 heterocycles. The fraction of sp³-hybridized carbons (Fsp3) is 0.421. The van der Waals surface area contributed by atoms with Crippen LogP contribution in [0.4, 0.5) is 0 Å². The average molecular weight is 1180 g/mol. The number of hydrogen-bond acceptors (Lipinski definition) is 6. The van der Waals surface area contributed by atoms with E-state index in [1.54, 1.807) is 0 Å². The van der Waals surface area contributed by atoms with Crippen molar-refractivity contribution < 1.29 is 36.9 Å². The Bertz CT molecular complexity index is 3350. The van der Waals surface area contributed by atoms with Crippen molar-refractivity contribution in [3.05, 3.63) is 144 Å². The molecule has 0 atom stereocenters. The van der Waals surface area contributed by atoms with Crippen molar-refractivity contribution in [2.45, 2.75) is 77.0 Å². The second-order valence-electron chi connectivity index (χ2n) is 27.4. The largest absolute Gasteiger partial charge is 0.488 e. The van der Waals surface area contributed by atoms with Gasteiger partial charge in [0.1, 0.15) is 75.6 Å². The minimum absolute atomic E-state index is 0.657. The van der Waals surface area contributed by atoms with Gasteiger partial charge in [0, 0.05) is 44.3 Å². The number of nitrogens with zero attached hydrogens (tertiary/aromatic N) is 6. The fourth-order valence-electron chi connectivity index (χ4n) is 14.9. The van der Waals surface area contributed by atoms with Crippen LogP contribution in [0.1, 0.15) is 99.8 Å². The number of piperidine rings is 4. The van der Waals surface area contributed by atoms with Crippen molar-refractivity contribution >= 4 is 46.4 Å². The first kappa shape index (κ1) is 59.5. The molecule has 0 saturated carbocycles. The number of likely N-dealkylation sites (N-methyl/N-ethyl adjacent to an activating group) is 4. The number of aromatic nitrogens is 4. The number of nitrogens with one attached hydrogen (secondary N) is 2. The first-order chi connectivity index (χ1) is 42.9. The van der Waals surface area contributed by atoms with Crippen molar-refractivity contribution in [3.8, 4) is 67.5 Å². The highest BCUT2D eigenvalue weighted by atomic mass is 16.5. The molecule has 2 N–H and O–H groups in total. The molecule has 3 aromatic heterocycles. The third-order valence-corrected chi connectivity index (χ3v) is 20.4. The van der Waals surface area contributed by atoms with Crippen LogP contribution in [0.25, 0.3) is 90.9 Å². The first-order valence-corrected chi connectivity index (χ1v) is 33.4. The van der Waals surface area contributed by atoms with Crippen molar-refractivity contribution in [2.75, 3.05) is 133 Å². The second kappa shape index (κ2) is 26.3. The summed E-state index contributed by atoms with van der Waals surface area (Å²) in [5, 5.41) is 0. The number of rotatable bonds is 20. The van der Waals surface area contributed by atoms with Crippen LogP contribution in [0.2, 0.25) is 0 Å². The van der Waals surface area contributed by atoms with Gasteiger partial charge in [-0.15, -0.1) is 0 Å². The predicted octanol–water partition coefficient (Wildman–Crippen LogP) is 15.4. The summed E-state index contributed by atoms with van der Waals surface area (Å²) in [5.41, 5.74) is 15.2. The lowest BCUT2D eigenvalue weighted by molar-refractivity contribution is -0.914. The van der Waals surface area contributed by atoms with E-state index in [1.807, 2.05) is 0 Å². The third kappa shape index (κ3) is 13.9. The Morgan fingerprint density at radius 1 is 0.307 bits per heavy atom. The van der Waals surface area contributed by atoms with Gasteiger partial charge in [-0.3, -0.25) is 0 Å². The summed E-state index contributed by atoms with van der Waals surface area (Å²) in [5.74, 6) is 3.41. The van der Waals surface area contributed by atoms with E-state index in [9.17, 15) is 0 Å². The lowest BCUT2D eigenvalue weighted by Gasteiger charge is -2.37. The van der Waals surface area contributed by atoms with Gasteiger partial charge in [0.05, 0.1) is 103 Å². The summed E-state index contributed by atoms with van der Waals surface area (Å²) in [7, 11) is 9.55. The minimum Gasteiger partial charge on any atom is -0.488 e. The minimum atomic E-state index is 0.657. The number of ether oxygens (including phenoxy) is 4. The van der Waals surface area contributed by atoms with Crippen LogP contribution >= 0.6 is 0 Å². The number of fused-ring (bicyclic) bond motifs is 8. The van der Waals surface area contributed by atoms with Gasteiger partial charge < -0.3 is 46.8 Å². The van der Waals surface area contributed by atoms with Gasteiger partial charge in [-0.2, -0.15) is 0 Å². The van der Waals surface area contributed by atoms with E-state index in [-0.39, 0.29) is 0 Å². The van der Waals surface area contributed by atoms with E-state index < -0.39 is 0 Å². The molecular formula is C76H94N8O4+4. The van der Waals surface area contributed by atoms with Crippen LogP contribution < -0.4 is 18.9 Å². The summed E-state index contributed by atoms with van der Waals surface area (Å²) in [6, 6.07) is 43.3. The highest BCUT2D eigenvalue weighted by Crippen LogP contribution is 2.41. The highest BCUT2D eigenvalue weighted by molar-refractivity contribution is 6.00. The summed E-state index contributed by atoms with van der Waals surface area (Å²) < 4.78 is 31.0. The van der Waals surface area contributed by atoms with Gasteiger partial charge in [-0.05, 0) is 196 Å². The van der Waals surface area contributed by atoms with Crippen LogP contribution in [0.15, 0.2) is 121 Å². The second-order valence-corrected chi connectivity index (χ2v) is 27.4. The monoisotopic (exact) mass is 1180 g/mol. The van der Waals surface area contributed by atoms with Crippen LogP contribution in [-0.2, 0) is 0 Å². The van der Waals surface area contributed by atoms with Crippen LogP contribution in [-0.4, -0.2) is 171 Å². The Kier molecular flexibility index (Phi) is 17.8. The normalized spacial score (nSPS) is 18.4. The number of aromatic amines is 2. The predicted molar refractivity (Wildman–Crippen MR) is 361 cm³/mol. The molecule has 4 fully saturated rings. The molecule has 12 nitrogen and oxygen atoms in total. The zero-order chi connectivity index (χ0) is 60.0. The van der Waals surface area contributed by atoms with E-state index in [0.29, 0.717) is 26.4 Å². The molecule has 7 aromatic rings. The Hall–Kier alpha value is -7.48. The van der Waals surface area contributed by atoms with Gasteiger partial charge in [-0.1, -0.05) is 48.5 Å². The number of H-pyrrole nitrogens is 2. The molecule has 4 saturated heterocycles. The molecular weight excluding hydrogens is 1090 g/mol. The SMILES string of the molecule is C[N+]1(CCOc2cccc(-c3c4nc(c(-c5cccc(OCC[N+]6(C)CCCCC6)c5)c5ccc([nH]5)c(-c5cccc(OCC[N+]6(C)CCCCC6)c5)c5nc(c(-c6cccc(OCC[N+]7(C)CCCCC7)c6)c6ccc3[nH]6)C=C5)C=C4)c2)CCCCC1. The van der Waals surface area contributed by atoms with Gasteiger partial charge in [-0.25, -0.2) is 9.97 Å². The van der Waals surface area contributed by atoms with E-state index in [2.05, 4.69) is 184 Å². The third-order valence-electron chi connectivity index (χ3n) is 20.4. The smallest absolute Gasteiger partial charge is 0.137 e. The van der Waals surface area contributed by atoms with Gasteiger partial charge >= 0.3 is 0 Å². The van der Waals surface area contributed by atoms with Crippen molar-refractivity contribution in [1.82, 2.24) is 19.9 Å². The number of benzene rings is 4. The zero-order valence-electron chi connectivity index (χ0n) is 53.0. The molecule has 458 valence electrons. The summed E-state index contributed by atoms with van der Waals surface area (Å²) in [6.45, 7) is 16.2. The zero-order valence-corrected chi connectivity index (χ0v) is 53.0. The first-order valence-electron chi connectivity index (χ1n) is 33.4. The van der Waals surface area contributed by atoms with E-state index in [1.165, 1.54) is 129 Å². The average Bonchev–Trinajstić information content (AvgIpc) is 1.90. The van der Waals surface area contributed by atoms with Gasteiger partial charge in [0.15, 0.2) is 0 Å². The van der Waals surface area contributed by atoms with Crippen LogP contribution in [0.5, 0.6) is 23.0 Å². The number of likely N-dealkylation sites (tertiary alicyclic amines) is 4. The maximum Gasteiger partial charge on any atom is 0.137 e. The van der Waals surface area contributed by atoms with E-state index in [4.69, 9.17) is 28.9 Å². The molecule has 6 aliphatic rings. The van der Waals surface area contributed by atoms with E-state index in [0.717, 1.165) is 156 Å². The maximum absolute atomic E-state index is 6.69. The summed E-state index contributed by atoms with van der Waals surface area (Å²) in [4.78, 5) is 19.4. The molecule has 4 aromatic carbocycles. The fourth-order valence-corrected chi connectivity index (χ4v) is 14.9. The summed E-state index contributed by atoms with van der Waals surface area (Å²) in [6.07, 6.45) is 24.3. The van der Waals surface area contributed by atoms with E-state index >= 15 is 0 Å². The molecule has 8 bridgehead atoms. The van der Waals surface area contributed by atoms with Crippen molar-refractivity contribution in [1.29, 1.82) is 0 Å². The van der Waals surface area contributed by atoms with Crippen molar-refractivity contribution in [2.24, 2.45) is 0 Å². The number of quaternary nitrogens is 4. The summed E-state index contributed by atoms with van der Waals surface area (Å²) >= 11 is 0. The molecule has 13 rings (SSSR count). The standard InChI is InChI=1S/C76H94N8O4/c1-81(37-9-5-10-38-81)45-49-85-61-25-17-21-57(53-61)73-65-29-31-67(77-65)74(58-22-18-26-62(54-58)86-50-46-82(2)39-11-6-12-40-82)69-33-35-71(79-69)76(60-24-20-28-64(56-60)88-52-48-84(4)43-15-8-16-44-84)72-36-34-70(80-72)75(68-32-30-66(73)78-68)59-23-19-27-63(55-59)87-51-47-83(3)41-13-7-14-42-83/h17-36,53-56,77,80H,5-16,37-52H2,1-4H3/q+4. The Labute approximate surface area is 522 Å². The van der Waals surface area contributed by atoms with Gasteiger partial charge in [0.2, 0.25) is 0 Å². The quantitative estimate of drug-likeness (QED) is 0.0739. The highest BCUT2D eigenvalue weighted by Gasteiger charge is 2.29.